The molecule has 104 valence electrons. The number of carbonyl (C=O) groups is 1. The molecule has 0 spiro atoms. The molecule has 2 aromatic rings. The van der Waals surface area contributed by atoms with Crippen LogP contribution in [0.4, 0.5) is 17.6 Å². The van der Waals surface area contributed by atoms with Crippen molar-refractivity contribution in [3.63, 3.8) is 0 Å². The van der Waals surface area contributed by atoms with Gasteiger partial charge in [0.25, 0.3) is 0 Å². The van der Waals surface area contributed by atoms with E-state index in [1.54, 1.807) is 12.1 Å². The van der Waals surface area contributed by atoms with E-state index in [0.29, 0.717) is 18.4 Å². The van der Waals surface area contributed by atoms with Crippen LogP contribution in [0, 0.1) is 5.82 Å². The zero-order valence-electron chi connectivity index (χ0n) is 9.95. The molecule has 0 aromatic heterocycles. The Balaban J connectivity index is 2.32. The molecule has 0 fully saturated rings. The number of alkyl halides is 3. The highest BCUT2D eigenvalue weighted by Crippen LogP contribution is 2.34. The van der Waals surface area contributed by atoms with Gasteiger partial charge in [0.1, 0.15) is 17.3 Å². The zero-order valence-corrected chi connectivity index (χ0v) is 9.95. The molecule has 2 rings (SSSR count). The Morgan fingerprint density at radius 1 is 1.05 bits per heavy atom. The number of para-hydroxylation sites is 1. The number of aldehydes is 1. The van der Waals surface area contributed by atoms with Crippen molar-refractivity contribution >= 4 is 6.29 Å². The van der Waals surface area contributed by atoms with Crippen LogP contribution < -0.4 is 4.74 Å². The largest absolute Gasteiger partial charge is 0.457 e. The molecule has 0 atom stereocenters. The second kappa shape index (κ2) is 5.32. The van der Waals surface area contributed by atoms with Crippen LogP contribution in [-0.2, 0) is 6.18 Å². The van der Waals surface area contributed by atoms with Gasteiger partial charge >= 0.3 is 6.18 Å². The Kier molecular flexibility index (Phi) is 3.74. The van der Waals surface area contributed by atoms with Gasteiger partial charge in [-0.3, -0.25) is 4.79 Å². The molecule has 20 heavy (non-hydrogen) atoms. The number of benzene rings is 2. The Bertz CT molecular complexity index is 635. The molecule has 0 aliphatic carbocycles. The highest BCUT2D eigenvalue weighted by Gasteiger charge is 2.34. The van der Waals surface area contributed by atoms with Crippen molar-refractivity contribution in [2.24, 2.45) is 0 Å². The molecule has 0 radical (unpaired) electrons. The first-order chi connectivity index (χ1) is 9.41. The van der Waals surface area contributed by atoms with Gasteiger partial charge in [0, 0.05) is 6.07 Å². The summed E-state index contributed by atoms with van der Waals surface area (Å²) >= 11 is 0. The van der Waals surface area contributed by atoms with E-state index in [1.807, 2.05) is 0 Å². The third kappa shape index (κ3) is 2.96. The first-order valence-corrected chi connectivity index (χ1v) is 5.50. The lowest BCUT2D eigenvalue weighted by atomic mass is 10.2. The normalized spacial score (nSPS) is 11.2. The van der Waals surface area contributed by atoms with Gasteiger partial charge in [0.05, 0.1) is 11.1 Å². The number of hydrogen-bond donors (Lipinski definition) is 0. The number of halogens is 4. The molecular formula is C14H8F4O2. The summed E-state index contributed by atoms with van der Waals surface area (Å²) in [5, 5.41) is 0. The Hall–Kier alpha value is -2.37. The SMILES string of the molecule is O=Cc1ccccc1Oc1ccc(C(F)(F)F)c(F)c1. The van der Waals surface area contributed by atoms with Gasteiger partial charge in [-0.15, -0.1) is 0 Å². The van der Waals surface area contributed by atoms with Gasteiger partial charge in [-0.05, 0) is 24.3 Å². The summed E-state index contributed by atoms with van der Waals surface area (Å²) in [5.41, 5.74) is -1.15. The van der Waals surface area contributed by atoms with Crippen LogP contribution in [0.15, 0.2) is 42.5 Å². The topological polar surface area (TPSA) is 26.3 Å². The van der Waals surface area contributed by atoms with E-state index < -0.39 is 17.6 Å². The molecule has 0 N–H and O–H groups in total. The number of hydrogen-bond acceptors (Lipinski definition) is 2. The molecule has 2 aromatic carbocycles. The lowest BCUT2D eigenvalue weighted by Crippen LogP contribution is -2.07. The highest BCUT2D eigenvalue weighted by molar-refractivity contribution is 5.79. The third-order valence-corrected chi connectivity index (χ3v) is 2.52. The van der Waals surface area contributed by atoms with Crippen LogP contribution >= 0.6 is 0 Å². The standard InChI is InChI=1S/C14H8F4O2/c15-12-7-10(5-6-11(12)14(16,17)18)20-13-4-2-1-3-9(13)8-19/h1-8H. The minimum absolute atomic E-state index is 0.121. The van der Waals surface area contributed by atoms with E-state index in [4.69, 9.17) is 4.74 Å². The zero-order chi connectivity index (χ0) is 14.8. The average Bonchev–Trinajstić information content (AvgIpc) is 2.38. The summed E-state index contributed by atoms with van der Waals surface area (Å²) in [4.78, 5) is 10.8. The summed E-state index contributed by atoms with van der Waals surface area (Å²) in [7, 11) is 0. The quantitative estimate of drug-likeness (QED) is 0.615. The van der Waals surface area contributed by atoms with E-state index in [0.717, 1.165) is 6.07 Å². The van der Waals surface area contributed by atoms with Crippen LogP contribution in [0.2, 0.25) is 0 Å². The molecular weight excluding hydrogens is 276 g/mol. The lowest BCUT2D eigenvalue weighted by Gasteiger charge is -2.11. The smallest absolute Gasteiger partial charge is 0.419 e. The summed E-state index contributed by atoms with van der Waals surface area (Å²) in [6, 6.07) is 8.33. The average molecular weight is 284 g/mol. The van der Waals surface area contributed by atoms with E-state index in [1.165, 1.54) is 12.1 Å². The molecule has 0 aliphatic rings. The number of ether oxygens (including phenoxy) is 1. The van der Waals surface area contributed by atoms with E-state index >= 15 is 0 Å². The maximum absolute atomic E-state index is 13.4. The predicted molar refractivity (Wildman–Crippen MR) is 63.3 cm³/mol. The second-order valence-electron chi connectivity index (χ2n) is 3.90. The molecule has 0 saturated heterocycles. The van der Waals surface area contributed by atoms with Crippen LogP contribution in [-0.4, -0.2) is 6.29 Å². The van der Waals surface area contributed by atoms with Crippen LogP contribution in [0.25, 0.3) is 0 Å². The molecule has 0 amide bonds. The van der Waals surface area contributed by atoms with Crippen LogP contribution in [0.1, 0.15) is 15.9 Å². The second-order valence-corrected chi connectivity index (χ2v) is 3.90. The van der Waals surface area contributed by atoms with Crippen molar-refractivity contribution < 1.29 is 27.1 Å². The van der Waals surface area contributed by atoms with Gasteiger partial charge in [-0.25, -0.2) is 4.39 Å². The summed E-state index contributed by atoms with van der Waals surface area (Å²) in [6.07, 6.45) is -4.22. The molecule has 2 nitrogen and oxygen atoms in total. The van der Waals surface area contributed by atoms with Crippen LogP contribution in [0.3, 0.4) is 0 Å². The monoisotopic (exact) mass is 284 g/mol. The third-order valence-electron chi connectivity index (χ3n) is 2.52. The molecule has 6 heteroatoms. The first-order valence-electron chi connectivity index (χ1n) is 5.50. The van der Waals surface area contributed by atoms with Crippen molar-refractivity contribution in [2.75, 3.05) is 0 Å². The molecule has 0 aliphatic heterocycles. The minimum atomic E-state index is -4.76. The van der Waals surface area contributed by atoms with Gasteiger partial charge < -0.3 is 4.74 Å². The fourth-order valence-electron chi connectivity index (χ4n) is 1.59. The van der Waals surface area contributed by atoms with Crippen molar-refractivity contribution in [3.05, 3.63) is 59.4 Å². The van der Waals surface area contributed by atoms with Gasteiger partial charge in [0.2, 0.25) is 0 Å². The van der Waals surface area contributed by atoms with Crippen molar-refractivity contribution in [3.8, 4) is 11.5 Å². The molecule has 0 saturated carbocycles. The van der Waals surface area contributed by atoms with Crippen molar-refractivity contribution in [1.29, 1.82) is 0 Å². The summed E-state index contributed by atoms with van der Waals surface area (Å²) in [6.45, 7) is 0. The van der Waals surface area contributed by atoms with E-state index in [9.17, 15) is 22.4 Å². The van der Waals surface area contributed by atoms with Crippen molar-refractivity contribution in [2.45, 2.75) is 6.18 Å². The maximum atomic E-state index is 13.4. The predicted octanol–water partition coefficient (Wildman–Crippen LogP) is 4.45. The van der Waals surface area contributed by atoms with Gasteiger partial charge in [0.15, 0.2) is 6.29 Å². The first kappa shape index (κ1) is 14.0. The molecule has 0 heterocycles. The van der Waals surface area contributed by atoms with Gasteiger partial charge in [-0.2, -0.15) is 13.2 Å². The maximum Gasteiger partial charge on any atom is 0.419 e. The fraction of sp³-hybridized carbons (Fsp3) is 0.0714. The number of rotatable bonds is 3. The van der Waals surface area contributed by atoms with E-state index in [-0.39, 0.29) is 17.1 Å². The fourth-order valence-corrected chi connectivity index (χ4v) is 1.59. The summed E-state index contributed by atoms with van der Waals surface area (Å²) < 4.78 is 55.8. The van der Waals surface area contributed by atoms with Crippen LogP contribution in [0.5, 0.6) is 11.5 Å². The Morgan fingerprint density at radius 3 is 2.35 bits per heavy atom. The number of carbonyl (C=O) groups excluding carboxylic acids is 1. The highest BCUT2D eigenvalue weighted by atomic mass is 19.4. The van der Waals surface area contributed by atoms with Crippen molar-refractivity contribution in [1.82, 2.24) is 0 Å². The Morgan fingerprint density at radius 2 is 1.75 bits per heavy atom. The summed E-state index contributed by atoms with van der Waals surface area (Å²) in [5.74, 6) is -1.41. The minimum Gasteiger partial charge on any atom is -0.457 e. The lowest BCUT2D eigenvalue weighted by molar-refractivity contribution is -0.140. The molecule has 0 unspecified atom stereocenters. The Labute approximate surface area is 111 Å². The van der Waals surface area contributed by atoms with E-state index in [2.05, 4.69) is 0 Å². The van der Waals surface area contributed by atoms with Gasteiger partial charge in [-0.1, -0.05) is 12.1 Å². The molecule has 0 bridgehead atoms.